The van der Waals surface area contributed by atoms with Gasteiger partial charge in [0, 0.05) is 26.6 Å². The summed E-state index contributed by atoms with van der Waals surface area (Å²) in [4.78, 5) is 13.6. The molecule has 0 aliphatic heterocycles. The van der Waals surface area contributed by atoms with Crippen LogP contribution >= 0.6 is 11.3 Å². The van der Waals surface area contributed by atoms with Gasteiger partial charge in [-0.2, -0.15) is 5.26 Å². The van der Waals surface area contributed by atoms with Gasteiger partial charge in [0.1, 0.15) is 11.1 Å². The lowest BCUT2D eigenvalue weighted by atomic mass is 10.3. The number of nitriles is 1. The summed E-state index contributed by atoms with van der Waals surface area (Å²) in [6.45, 7) is 1.25. The third kappa shape index (κ3) is 5.67. The first-order valence-electron chi connectivity index (χ1n) is 6.19. The molecule has 1 amide bonds. The highest BCUT2D eigenvalue weighted by Crippen LogP contribution is 2.22. The van der Waals surface area contributed by atoms with E-state index in [4.69, 9.17) is 10.00 Å². The molecule has 0 fully saturated rings. The molecule has 0 aliphatic rings. The van der Waals surface area contributed by atoms with Crippen LogP contribution in [-0.4, -0.2) is 55.9 Å². The van der Waals surface area contributed by atoms with Crippen molar-refractivity contribution in [3.05, 3.63) is 17.0 Å². The minimum Gasteiger partial charge on any atom is -0.389 e. The molecule has 0 bridgehead atoms. The minimum atomic E-state index is -0.560. The smallest absolute Gasteiger partial charge is 0.226 e. The summed E-state index contributed by atoms with van der Waals surface area (Å²) >= 11 is 1.33. The zero-order valence-electron chi connectivity index (χ0n) is 11.6. The van der Waals surface area contributed by atoms with Crippen LogP contribution < -0.4 is 5.32 Å². The number of nitrogens with one attached hydrogen (secondary N) is 1. The monoisotopic (exact) mass is 297 g/mol. The summed E-state index contributed by atoms with van der Waals surface area (Å²) < 4.78 is 4.84. The molecule has 20 heavy (non-hydrogen) atoms. The average molecular weight is 297 g/mol. The van der Waals surface area contributed by atoms with Gasteiger partial charge in [-0.3, -0.25) is 4.79 Å². The van der Waals surface area contributed by atoms with Crippen molar-refractivity contribution in [2.45, 2.75) is 12.5 Å². The lowest BCUT2D eigenvalue weighted by molar-refractivity contribution is -0.116. The number of aliphatic hydroxyl groups is 1. The van der Waals surface area contributed by atoms with E-state index in [1.807, 2.05) is 18.0 Å². The number of likely N-dealkylation sites (N-methyl/N-ethyl adjacent to an activating group) is 1. The fraction of sp³-hybridized carbons (Fsp3) is 0.538. The molecule has 0 spiro atoms. The highest BCUT2D eigenvalue weighted by molar-refractivity contribution is 7.14. The van der Waals surface area contributed by atoms with Crippen molar-refractivity contribution in [2.75, 3.05) is 39.2 Å². The molecular weight excluding hydrogens is 278 g/mol. The fourth-order valence-corrected chi connectivity index (χ4v) is 2.43. The second-order valence-electron chi connectivity index (χ2n) is 4.44. The number of hydrogen-bond acceptors (Lipinski definition) is 6. The Morgan fingerprint density at radius 3 is 3.10 bits per heavy atom. The van der Waals surface area contributed by atoms with Gasteiger partial charge in [-0.15, -0.1) is 11.3 Å². The highest BCUT2D eigenvalue weighted by atomic mass is 32.1. The summed E-state index contributed by atoms with van der Waals surface area (Å²) in [7, 11) is 3.36. The first-order chi connectivity index (χ1) is 9.56. The van der Waals surface area contributed by atoms with E-state index in [9.17, 15) is 9.90 Å². The van der Waals surface area contributed by atoms with Crippen molar-refractivity contribution in [2.24, 2.45) is 0 Å². The Morgan fingerprint density at radius 1 is 1.70 bits per heavy atom. The molecule has 1 atom stereocenters. The second-order valence-corrected chi connectivity index (χ2v) is 5.36. The predicted octanol–water partition coefficient (Wildman–Crippen LogP) is 0.887. The number of rotatable bonds is 8. The highest BCUT2D eigenvalue weighted by Gasteiger charge is 2.11. The van der Waals surface area contributed by atoms with Gasteiger partial charge in [0.25, 0.3) is 0 Å². The van der Waals surface area contributed by atoms with Gasteiger partial charge >= 0.3 is 0 Å². The number of carbonyl (C=O) groups is 1. The van der Waals surface area contributed by atoms with Crippen molar-refractivity contribution in [3.8, 4) is 6.07 Å². The van der Waals surface area contributed by atoms with E-state index in [0.29, 0.717) is 30.1 Å². The van der Waals surface area contributed by atoms with Crippen molar-refractivity contribution < 1.29 is 14.6 Å². The average Bonchev–Trinajstić information content (AvgIpc) is 2.83. The van der Waals surface area contributed by atoms with Gasteiger partial charge in [0.05, 0.1) is 18.3 Å². The van der Waals surface area contributed by atoms with E-state index >= 15 is 0 Å². The number of aliphatic hydroxyl groups excluding tert-OH is 1. The first kappa shape index (κ1) is 16.6. The Hall–Kier alpha value is -1.46. The van der Waals surface area contributed by atoms with Crippen LogP contribution in [0.15, 0.2) is 11.4 Å². The number of carbonyl (C=O) groups excluding carboxylic acids is 1. The summed E-state index contributed by atoms with van der Waals surface area (Å²) in [5.74, 6) is -0.142. The number of anilines is 1. The Kier molecular flexibility index (Phi) is 7.18. The van der Waals surface area contributed by atoms with Crippen molar-refractivity contribution >= 4 is 22.2 Å². The number of ether oxygens (including phenoxy) is 1. The van der Waals surface area contributed by atoms with Gasteiger partial charge in [-0.25, -0.2) is 0 Å². The van der Waals surface area contributed by atoms with Crippen molar-refractivity contribution in [1.82, 2.24) is 4.90 Å². The zero-order valence-corrected chi connectivity index (χ0v) is 12.4. The Morgan fingerprint density at radius 2 is 2.45 bits per heavy atom. The Bertz CT molecular complexity index is 470. The number of amides is 1. The number of thiophene rings is 1. The number of nitrogens with zero attached hydrogens (tertiary/aromatic N) is 2. The molecule has 0 aliphatic carbocycles. The van der Waals surface area contributed by atoms with Gasteiger partial charge in [0.2, 0.25) is 5.91 Å². The Balaban J connectivity index is 2.31. The molecule has 1 aromatic rings. The van der Waals surface area contributed by atoms with Gasteiger partial charge in [-0.1, -0.05) is 0 Å². The standard InChI is InChI=1S/C13H19N3O3S/c1-16(8-11(17)9-19-2)5-3-12(18)15-13-10(7-14)4-6-20-13/h4,6,11,17H,3,5,8-9H2,1-2H3,(H,15,18). The molecule has 0 saturated carbocycles. The maximum absolute atomic E-state index is 11.8. The SMILES string of the molecule is COCC(O)CN(C)CCC(=O)Nc1sccc1C#N. The summed E-state index contributed by atoms with van der Waals surface area (Å²) in [5, 5.41) is 23.5. The number of hydrogen-bond donors (Lipinski definition) is 2. The lowest BCUT2D eigenvalue weighted by Crippen LogP contribution is -2.33. The van der Waals surface area contributed by atoms with Crippen LogP contribution in [0.5, 0.6) is 0 Å². The molecule has 1 unspecified atom stereocenters. The van der Waals surface area contributed by atoms with Crippen molar-refractivity contribution in [3.63, 3.8) is 0 Å². The lowest BCUT2D eigenvalue weighted by Gasteiger charge is -2.19. The molecule has 0 aromatic carbocycles. The van der Waals surface area contributed by atoms with E-state index in [-0.39, 0.29) is 12.5 Å². The summed E-state index contributed by atoms with van der Waals surface area (Å²) in [5.41, 5.74) is 0.479. The van der Waals surface area contributed by atoms with Crippen molar-refractivity contribution in [1.29, 1.82) is 5.26 Å². The molecule has 1 aromatic heterocycles. The molecule has 7 heteroatoms. The van der Waals surface area contributed by atoms with Gasteiger partial charge in [0.15, 0.2) is 0 Å². The quantitative estimate of drug-likeness (QED) is 0.744. The minimum absolute atomic E-state index is 0.142. The largest absolute Gasteiger partial charge is 0.389 e. The van der Waals surface area contributed by atoms with E-state index < -0.39 is 6.10 Å². The van der Waals surface area contributed by atoms with Crippen LogP contribution in [0, 0.1) is 11.3 Å². The maximum atomic E-state index is 11.8. The normalized spacial score (nSPS) is 12.2. The van der Waals surface area contributed by atoms with Gasteiger partial charge < -0.3 is 20.1 Å². The molecule has 1 rings (SSSR count). The molecule has 2 N–H and O–H groups in total. The van der Waals surface area contributed by atoms with E-state index in [2.05, 4.69) is 5.32 Å². The maximum Gasteiger partial charge on any atom is 0.226 e. The topological polar surface area (TPSA) is 85.6 Å². The summed E-state index contributed by atoms with van der Waals surface area (Å²) in [6.07, 6.45) is -0.255. The van der Waals surface area contributed by atoms with Crippen LogP contribution in [0.2, 0.25) is 0 Å². The third-order valence-electron chi connectivity index (χ3n) is 2.64. The fourth-order valence-electron chi connectivity index (χ4n) is 1.67. The van der Waals surface area contributed by atoms with Crippen LogP contribution in [0.1, 0.15) is 12.0 Å². The third-order valence-corrected chi connectivity index (χ3v) is 3.47. The summed E-state index contributed by atoms with van der Waals surface area (Å²) in [6, 6.07) is 3.70. The molecule has 1 heterocycles. The van der Waals surface area contributed by atoms with E-state index in [1.54, 1.807) is 11.4 Å². The number of methoxy groups -OCH3 is 1. The van der Waals surface area contributed by atoms with Crippen LogP contribution in [0.4, 0.5) is 5.00 Å². The molecule has 0 radical (unpaired) electrons. The van der Waals surface area contributed by atoms with Gasteiger partial charge in [-0.05, 0) is 18.5 Å². The second kappa shape index (κ2) is 8.66. The van der Waals surface area contributed by atoms with E-state index in [0.717, 1.165) is 0 Å². The van der Waals surface area contributed by atoms with E-state index in [1.165, 1.54) is 18.4 Å². The first-order valence-corrected chi connectivity index (χ1v) is 7.07. The van der Waals surface area contributed by atoms with Crippen LogP contribution in [0.3, 0.4) is 0 Å². The predicted molar refractivity (Wildman–Crippen MR) is 77.7 cm³/mol. The molecule has 6 nitrogen and oxygen atoms in total. The zero-order chi connectivity index (χ0) is 15.0. The van der Waals surface area contributed by atoms with Crippen LogP contribution in [-0.2, 0) is 9.53 Å². The van der Waals surface area contributed by atoms with Crippen LogP contribution in [0.25, 0.3) is 0 Å². The Labute approximate surface area is 122 Å². The molecular formula is C13H19N3O3S. The molecule has 110 valence electrons. The molecule has 0 saturated heterocycles.